The monoisotopic (exact) mass is 287 g/mol. The van der Waals surface area contributed by atoms with Gasteiger partial charge in [0.1, 0.15) is 12.2 Å². The van der Waals surface area contributed by atoms with Gasteiger partial charge in [-0.3, -0.25) is 14.5 Å². The number of hydrogen-bond acceptors (Lipinski definition) is 4. The molecule has 1 N–H and O–H groups in total. The van der Waals surface area contributed by atoms with Crippen molar-refractivity contribution >= 4 is 5.91 Å². The highest BCUT2D eigenvalue weighted by atomic mass is 16.1. The van der Waals surface area contributed by atoms with E-state index in [2.05, 4.69) is 34.2 Å². The Hall–Kier alpha value is -2.24. The number of aryl methyl sites for hydroxylation is 2. The smallest absolute Gasteiger partial charge is 0.220 e. The van der Waals surface area contributed by atoms with E-state index in [-0.39, 0.29) is 17.9 Å². The Bertz CT molecular complexity index is 579. The lowest BCUT2D eigenvalue weighted by Crippen LogP contribution is -2.33. The zero-order chi connectivity index (χ0) is 15.2. The van der Waals surface area contributed by atoms with Gasteiger partial charge in [-0.25, -0.2) is 4.98 Å². The maximum absolute atomic E-state index is 12.1. The minimum atomic E-state index is -0.131. The van der Waals surface area contributed by atoms with Crippen LogP contribution < -0.4 is 5.32 Å². The Morgan fingerprint density at radius 1 is 1.33 bits per heavy atom. The molecular formula is C15H21N5O. The molecule has 0 aromatic carbocycles. The summed E-state index contributed by atoms with van der Waals surface area (Å²) < 4.78 is 1.70. The first kappa shape index (κ1) is 15.2. The first-order valence-corrected chi connectivity index (χ1v) is 7.11. The van der Waals surface area contributed by atoms with Gasteiger partial charge in [-0.15, -0.1) is 0 Å². The van der Waals surface area contributed by atoms with Gasteiger partial charge in [0.2, 0.25) is 5.91 Å². The van der Waals surface area contributed by atoms with E-state index in [9.17, 15) is 4.79 Å². The van der Waals surface area contributed by atoms with Crippen molar-refractivity contribution in [2.75, 3.05) is 0 Å². The van der Waals surface area contributed by atoms with Crippen LogP contribution in [0.25, 0.3) is 0 Å². The van der Waals surface area contributed by atoms with Gasteiger partial charge in [0.15, 0.2) is 0 Å². The van der Waals surface area contributed by atoms with Crippen LogP contribution in [-0.2, 0) is 18.3 Å². The van der Waals surface area contributed by atoms with E-state index in [1.807, 2.05) is 25.2 Å². The summed E-state index contributed by atoms with van der Waals surface area (Å²) in [4.78, 5) is 20.6. The number of nitrogens with zero attached hydrogens (tertiary/aromatic N) is 4. The molecule has 0 radical (unpaired) electrons. The summed E-state index contributed by atoms with van der Waals surface area (Å²) in [6.45, 7) is 4.11. The van der Waals surface area contributed by atoms with Crippen LogP contribution in [0.5, 0.6) is 0 Å². The second-order valence-corrected chi connectivity index (χ2v) is 5.35. The number of amides is 1. The molecule has 2 rings (SSSR count). The third-order valence-corrected chi connectivity index (χ3v) is 3.34. The van der Waals surface area contributed by atoms with Gasteiger partial charge in [-0.05, 0) is 24.5 Å². The summed E-state index contributed by atoms with van der Waals surface area (Å²) in [6.07, 6.45) is 4.29. The minimum absolute atomic E-state index is 0.00218. The predicted octanol–water partition coefficient (Wildman–Crippen LogP) is 1.66. The van der Waals surface area contributed by atoms with Crippen molar-refractivity contribution in [1.29, 1.82) is 0 Å². The van der Waals surface area contributed by atoms with Gasteiger partial charge >= 0.3 is 0 Å². The Morgan fingerprint density at radius 3 is 2.71 bits per heavy atom. The first-order valence-electron chi connectivity index (χ1n) is 7.11. The fraction of sp³-hybridized carbons (Fsp3) is 0.467. The van der Waals surface area contributed by atoms with Crippen molar-refractivity contribution in [2.24, 2.45) is 13.0 Å². The van der Waals surface area contributed by atoms with Gasteiger partial charge < -0.3 is 5.32 Å². The highest BCUT2D eigenvalue weighted by molar-refractivity contribution is 5.76. The molecule has 6 nitrogen and oxygen atoms in total. The molecule has 2 aromatic rings. The average molecular weight is 287 g/mol. The molecule has 0 spiro atoms. The summed E-state index contributed by atoms with van der Waals surface area (Å²) >= 11 is 0. The first-order chi connectivity index (χ1) is 10.1. The van der Waals surface area contributed by atoms with E-state index in [4.69, 9.17) is 0 Å². The molecule has 6 heteroatoms. The van der Waals surface area contributed by atoms with Crippen LogP contribution in [0.3, 0.4) is 0 Å². The molecule has 0 aliphatic rings. The number of carbonyl (C=O) groups is 1. The maximum atomic E-state index is 12.1. The van der Waals surface area contributed by atoms with Gasteiger partial charge in [0.25, 0.3) is 0 Å². The normalized spacial score (nSPS) is 12.4. The highest BCUT2D eigenvalue weighted by Gasteiger charge is 2.22. The number of carbonyl (C=O) groups excluding carboxylic acids is 1. The third kappa shape index (κ3) is 4.11. The van der Waals surface area contributed by atoms with Gasteiger partial charge in [0, 0.05) is 25.4 Å². The lowest BCUT2D eigenvalue weighted by atomic mass is 10.0. The Labute approximate surface area is 124 Å². The molecule has 0 unspecified atom stereocenters. The Kier molecular flexibility index (Phi) is 5.03. The Morgan fingerprint density at radius 2 is 2.14 bits per heavy atom. The zero-order valence-electron chi connectivity index (χ0n) is 12.7. The molecule has 1 atom stereocenters. The van der Waals surface area contributed by atoms with E-state index in [0.29, 0.717) is 12.8 Å². The second kappa shape index (κ2) is 6.97. The van der Waals surface area contributed by atoms with Crippen LogP contribution in [0.4, 0.5) is 0 Å². The number of nitrogens with one attached hydrogen (secondary N) is 1. The third-order valence-electron chi connectivity index (χ3n) is 3.34. The van der Waals surface area contributed by atoms with Crippen LogP contribution in [0.15, 0.2) is 30.7 Å². The molecular weight excluding hydrogens is 266 g/mol. The van der Waals surface area contributed by atoms with Crippen molar-refractivity contribution < 1.29 is 4.79 Å². The molecule has 0 aliphatic carbocycles. The van der Waals surface area contributed by atoms with Crippen LogP contribution in [-0.4, -0.2) is 25.7 Å². The summed E-state index contributed by atoms with van der Waals surface area (Å²) in [5.41, 5.74) is 0.924. The van der Waals surface area contributed by atoms with E-state index < -0.39 is 0 Å². The van der Waals surface area contributed by atoms with E-state index in [0.717, 1.165) is 11.5 Å². The van der Waals surface area contributed by atoms with Gasteiger partial charge in [-0.1, -0.05) is 19.9 Å². The van der Waals surface area contributed by atoms with Crippen molar-refractivity contribution in [3.63, 3.8) is 0 Å². The van der Waals surface area contributed by atoms with E-state index >= 15 is 0 Å². The molecule has 0 aliphatic heterocycles. The van der Waals surface area contributed by atoms with Crippen molar-refractivity contribution in [3.05, 3.63) is 42.2 Å². The minimum Gasteiger partial charge on any atom is -0.346 e. The lowest BCUT2D eigenvalue weighted by molar-refractivity contribution is -0.122. The number of rotatable bonds is 6. The fourth-order valence-corrected chi connectivity index (χ4v) is 2.15. The predicted molar refractivity (Wildman–Crippen MR) is 79.3 cm³/mol. The largest absolute Gasteiger partial charge is 0.346 e. The molecule has 0 saturated carbocycles. The molecule has 2 heterocycles. The standard InChI is InChI=1S/C15H21N5O/c1-11(2)14(15-17-10-18-20(15)3)19-13(21)8-7-12-6-4-5-9-16-12/h4-6,9-11,14H,7-8H2,1-3H3,(H,19,21)/t14-/m1/s1. The quantitative estimate of drug-likeness (QED) is 0.877. The number of hydrogen-bond donors (Lipinski definition) is 1. The van der Waals surface area contributed by atoms with Crippen LogP contribution in [0.2, 0.25) is 0 Å². The second-order valence-electron chi connectivity index (χ2n) is 5.35. The fourth-order valence-electron chi connectivity index (χ4n) is 2.15. The molecule has 0 bridgehead atoms. The summed E-state index contributed by atoms with van der Waals surface area (Å²) in [7, 11) is 1.83. The Balaban J connectivity index is 1.95. The van der Waals surface area contributed by atoms with Gasteiger partial charge in [0.05, 0.1) is 6.04 Å². The van der Waals surface area contributed by atoms with Gasteiger partial charge in [-0.2, -0.15) is 5.10 Å². The van der Waals surface area contributed by atoms with Crippen molar-refractivity contribution in [1.82, 2.24) is 25.1 Å². The summed E-state index contributed by atoms with van der Waals surface area (Å²) in [6, 6.07) is 5.59. The van der Waals surface area contributed by atoms with E-state index in [1.165, 1.54) is 6.33 Å². The molecule has 1 amide bonds. The van der Waals surface area contributed by atoms with E-state index in [1.54, 1.807) is 10.9 Å². The molecule has 0 fully saturated rings. The van der Waals surface area contributed by atoms with Crippen LogP contribution >= 0.6 is 0 Å². The average Bonchev–Trinajstić information content (AvgIpc) is 2.89. The molecule has 21 heavy (non-hydrogen) atoms. The van der Waals surface area contributed by atoms with Crippen LogP contribution in [0, 0.1) is 5.92 Å². The number of pyridine rings is 1. The van der Waals surface area contributed by atoms with Crippen LogP contribution in [0.1, 0.15) is 37.8 Å². The zero-order valence-corrected chi connectivity index (χ0v) is 12.7. The molecule has 112 valence electrons. The summed E-state index contributed by atoms with van der Waals surface area (Å²) in [5.74, 6) is 1.02. The SMILES string of the molecule is CC(C)[C@@H](NC(=O)CCc1ccccn1)c1ncnn1C. The topological polar surface area (TPSA) is 72.7 Å². The summed E-state index contributed by atoms with van der Waals surface area (Å²) in [5, 5.41) is 7.10. The highest BCUT2D eigenvalue weighted by Crippen LogP contribution is 2.19. The molecule has 0 saturated heterocycles. The maximum Gasteiger partial charge on any atom is 0.220 e. The molecule has 2 aromatic heterocycles. The van der Waals surface area contributed by atoms with Crippen molar-refractivity contribution in [2.45, 2.75) is 32.7 Å². The number of aromatic nitrogens is 4. The van der Waals surface area contributed by atoms with Crippen molar-refractivity contribution in [3.8, 4) is 0 Å². The lowest BCUT2D eigenvalue weighted by Gasteiger charge is -2.21.